The standard InChI is InChI=1S/C17H18Cl2N2O/c18-14-3-1-12(2-4-14)16-10-20-8-7-13(16)11-22-17-6-5-15(19)9-21-17/h1-6,9,13,16,20H,7-8,10-11H2/t13-,16-/m0/s1. The third kappa shape index (κ3) is 3.92. The third-order valence-electron chi connectivity index (χ3n) is 4.07. The molecule has 0 radical (unpaired) electrons. The number of nitrogens with one attached hydrogen (secondary N) is 1. The predicted molar refractivity (Wildman–Crippen MR) is 89.9 cm³/mol. The zero-order chi connectivity index (χ0) is 15.4. The number of aromatic nitrogens is 1. The van der Waals surface area contributed by atoms with Gasteiger partial charge < -0.3 is 10.1 Å². The number of nitrogens with zero attached hydrogens (tertiary/aromatic N) is 1. The average molecular weight is 337 g/mol. The van der Waals surface area contributed by atoms with Gasteiger partial charge in [-0.1, -0.05) is 35.3 Å². The highest BCUT2D eigenvalue weighted by Crippen LogP contribution is 2.30. The predicted octanol–water partition coefficient (Wildman–Crippen LogP) is 4.16. The molecule has 116 valence electrons. The molecule has 1 aromatic heterocycles. The maximum atomic E-state index is 5.98. The summed E-state index contributed by atoms with van der Waals surface area (Å²) in [6.07, 6.45) is 2.69. The lowest BCUT2D eigenvalue weighted by Gasteiger charge is -2.32. The largest absolute Gasteiger partial charge is 0.477 e. The molecule has 0 bridgehead atoms. The Bertz CT molecular complexity index is 601. The van der Waals surface area contributed by atoms with Gasteiger partial charge in [-0.3, -0.25) is 0 Å². The lowest BCUT2D eigenvalue weighted by atomic mass is 9.82. The molecule has 1 aliphatic rings. The number of piperidine rings is 1. The highest BCUT2D eigenvalue weighted by atomic mass is 35.5. The van der Waals surface area contributed by atoms with Crippen LogP contribution in [0.15, 0.2) is 42.6 Å². The fourth-order valence-electron chi connectivity index (χ4n) is 2.85. The summed E-state index contributed by atoms with van der Waals surface area (Å²) < 4.78 is 5.85. The summed E-state index contributed by atoms with van der Waals surface area (Å²) in [5.41, 5.74) is 1.30. The molecule has 2 aromatic rings. The van der Waals surface area contributed by atoms with Crippen molar-refractivity contribution in [3.05, 3.63) is 58.2 Å². The Morgan fingerprint density at radius 2 is 1.86 bits per heavy atom. The first-order valence-corrected chi connectivity index (χ1v) is 8.18. The van der Waals surface area contributed by atoms with Crippen LogP contribution in [0.4, 0.5) is 0 Å². The molecule has 0 unspecified atom stereocenters. The second-order valence-electron chi connectivity index (χ2n) is 5.54. The van der Waals surface area contributed by atoms with Crippen molar-refractivity contribution in [1.82, 2.24) is 10.3 Å². The SMILES string of the molecule is Clc1ccc([C@@H]2CNCC[C@H]2COc2ccc(Cl)cn2)cc1. The summed E-state index contributed by atoms with van der Waals surface area (Å²) in [5.74, 6) is 1.51. The minimum atomic E-state index is 0.429. The molecule has 0 spiro atoms. The van der Waals surface area contributed by atoms with E-state index in [2.05, 4.69) is 22.4 Å². The maximum absolute atomic E-state index is 5.98. The third-order valence-corrected chi connectivity index (χ3v) is 4.54. The van der Waals surface area contributed by atoms with Crippen molar-refractivity contribution in [3.63, 3.8) is 0 Å². The van der Waals surface area contributed by atoms with Gasteiger partial charge in [-0.05, 0) is 36.7 Å². The molecule has 2 atom stereocenters. The Labute approximate surface area is 140 Å². The van der Waals surface area contributed by atoms with E-state index in [1.807, 2.05) is 12.1 Å². The summed E-state index contributed by atoms with van der Waals surface area (Å²) in [6.45, 7) is 2.64. The zero-order valence-electron chi connectivity index (χ0n) is 12.1. The van der Waals surface area contributed by atoms with E-state index in [9.17, 15) is 0 Å². The zero-order valence-corrected chi connectivity index (χ0v) is 13.6. The number of ether oxygens (including phenoxy) is 1. The molecular formula is C17H18Cl2N2O. The van der Waals surface area contributed by atoms with E-state index in [4.69, 9.17) is 27.9 Å². The fourth-order valence-corrected chi connectivity index (χ4v) is 3.09. The van der Waals surface area contributed by atoms with E-state index in [0.29, 0.717) is 29.3 Å². The number of benzene rings is 1. The molecule has 1 fully saturated rings. The molecule has 1 saturated heterocycles. The maximum Gasteiger partial charge on any atom is 0.213 e. The first-order valence-electron chi connectivity index (χ1n) is 7.43. The number of halogens is 2. The summed E-state index contributed by atoms with van der Waals surface area (Å²) in [5, 5.41) is 4.85. The summed E-state index contributed by atoms with van der Waals surface area (Å²) in [6, 6.07) is 11.7. The van der Waals surface area contributed by atoms with Crippen molar-refractivity contribution in [3.8, 4) is 5.88 Å². The average Bonchev–Trinajstić information content (AvgIpc) is 2.55. The van der Waals surface area contributed by atoms with Crippen LogP contribution in [0.1, 0.15) is 17.9 Å². The molecular weight excluding hydrogens is 319 g/mol. The minimum Gasteiger partial charge on any atom is -0.477 e. The highest BCUT2D eigenvalue weighted by molar-refractivity contribution is 6.30. The van der Waals surface area contributed by atoms with Gasteiger partial charge in [0.2, 0.25) is 5.88 Å². The summed E-state index contributed by atoms with van der Waals surface area (Å²) in [4.78, 5) is 4.18. The van der Waals surface area contributed by atoms with Crippen molar-refractivity contribution >= 4 is 23.2 Å². The van der Waals surface area contributed by atoms with Crippen molar-refractivity contribution in [2.24, 2.45) is 5.92 Å². The lowest BCUT2D eigenvalue weighted by Crippen LogP contribution is -2.37. The molecule has 1 N–H and O–H groups in total. The molecule has 3 rings (SSSR count). The Balaban J connectivity index is 1.67. The quantitative estimate of drug-likeness (QED) is 0.910. The number of hydrogen-bond acceptors (Lipinski definition) is 3. The molecule has 2 heterocycles. The van der Waals surface area contributed by atoms with Crippen LogP contribution in [0.5, 0.6) is 5.88 Å². The van der Waals surface area contributed by atoms with E-state index in [-0.39, 0.29) is 0 Å². The summed E-state index contributed by atoms with van der Waals surface area (Å²) in [7, 11) is 0. The van der Waals surface area contributed by atoms with Crippen LogP contribution in [0, 0.1) is 5.92 Å². The monoisotopic (exact) mass is 336 g/mol. The van der Waals surface area contributed by atoms with Crippen molar-refractivity contribution < 1.29 is 4.74 Å². The second kappa shape index (κ2) is 7.32. The van der Waals surface area contributed by atoms with Gasteiger partial charge in [0.25, 0.3) is 0 Å². The van der Waals surface area contributed by atoms with Gasteiger partial charge in [-0.25, -0.2) is 4.98 Å². The minimum absolute atomic E-state index is 0.429. The van der Waals surface area contributed by atoms with Gasteiger partial charge in [0.05, 0.1) is 11.6 Å². The molecule has 1 aromatic carbocycles. The normalized spacial score (nSPS) is 21.5. The molecule has 1 aliphatic heterocycles. The van der Waals surface area contributed by atoms with E-state index in [1.54, 1.807) is 18.3 Å². The van der Waals surface area contributed by atoms with E-state index >= 15 is 0 Å². The molecule has 22 heavy (non-hydrogen) atoms. The first-order chi connectivity index (χ1) is 10.7. The molecule has 5 heteroatoms. The van der Waals surface area contributed by atoms with Crippen LogP contribution < -0.4 is 10.1 Å². The van der Waals surface area contributed by atoms with E-state index in [0.717, 1.165) is 24.5 Å². The van der Waals surface area contributed by atoms with Gasteiger partial charge >= 0.3 is 0 Å². The summed E-state index contributed by atoms with van der Waals surface area (Å²) >= 11 is 11.8. The van der Waals surface area contributed by atoms with Crippen molar-refractivity contribution in [2.45, 2.75) is 12.3 Å². The van der Waals surface area contributed by atoms with E-state index in [1.165, 1.54) is 5.56 Å². The molecule has 3 nitrogen and oxygen atoms in total. The van der Waals surface area contributed by atoms with Gasteiger partial charge in [0.15, 0.2) is 0 Å². The Hall–Kier alpha value is -1.29. The first kappa shape index (κ1) is 15.6. The molecule has 0 amide bonds. The van der Waals surface area contributed by atoms with Gasteiger partial charge in [-0.15, -0.1) is 0 Å². The second-order valence-corrected chi connectivity index (χ2v) is 6.41. The van der Waals surface area contributed by atoms with Gasteiger partial charge in [0.1, 0.15) is 0 Å². The van der Waals surface area contributed by atoms with Crippen LogP contribution in [0.2, 0.25) is 10.0 Å². The number of pyridine rings is 1. The van der Waals surface area contributed by atoms with Gasteiger partial charge in [0, 0.05) is 35.7 Å². The van der Waals surface area contributed by atoms with Crippen LogP contribution in [-0.4, -0.2) is 24.7 Å². The van der Waals surface area contributed by atoms with Crippen molar-refractivity contribution in [1.29, 1.82) is 0 Å². The highest BCUT2D eigenvalue weighted by Gasteiger charge is 2.27. The Morgan fingerprint density at radius 1 is 1.09 bits per heavy atom. The molecule has 0 saturated carbocycles. The molecule has 0 aliphatic carbocycles. The Kier molecular flexibility index (Phi) is 5.19. The lowest BCUT2D eigenvalue weighted by molar-refractivity contribution is 0.189. The van der Waals surface area contributed by atoms with Crippen molar-refractivity contribution in [2.75, 3.05) is 19.7 Å². The van der Waals surface area contributed by atoms with Crippen LogP contribution in [0.3, 0.4) is 0 Å². The number of rotatable bonds is 4. The van der Waals surface area contributed by atoms with Gasteiger partial charge in [-0.2, -0.15) is 0 Å². The van der Waals surface area contributed by atoms with E-state index < -0.39 is 0 Å². The Morgan fingerprint density at radius 3 is 2.59 bits per heavy atom. The van der Waals surface area contributed by atoms with Crippen LogP contribution >= 0.6 is 23.2 Å². The fraction of sp³-hybridized carbons (Fsp3) is 0.353. The topological polar surface area (TPSA) is 34.1 Å². The number of hydrogen-bond donors (Lipinski definition) is 1. The van der Waals surface area contributed by atoms with Crippen LogP contribution in [0.25, 0.3) is 0 Å². The smallest absolute Gasteiger partial charge is 0.213 e. The van der Waals surface area contributed by atoms with Crippen LogP contribution in [-0.2, 0) is 0 Å².